The SMILES string of the molecule is C=CCS(=O)(=O)OC(CCC[n+]1cc(C)cc(C)c1)[n+]1cc(C)cc(C)c1. The van der Waals surface area contributed by atoms with Crippen molar-refractivity contribution >= 4 is 10.1 Å². The third kappa shape index (κ3) is 6.88. The molecule has 0 spiro atoms. The monoisotopic (exact) mass is 390 g/mol. The van der Waals surface area contributed by atoms with E-state index >= 15 is 0 Å². The third-order valence-electron chi connectivity index (χ3n) is 4.13. The van der Waals surface area contributed by atoms with Crippen LogP contribution in [0.15, 0.2) is 49.6 Å². The first kappa shape index (κ1) is 21.3. The van der Waals surface area contributed by atoms with Crippen LogP contribution in [0.4, 0.5) is 0 Å². The zero-order chi connectivity index (χ0) is 20.0. The van der Waals surface area contributed by atoms with Crippen LogP contribution in [0.3, 0.4) is 0 Å². The Hall–Kier alpha value is -2.05. The average Bonchev–Trinajstić information content (AvgIpc) is 2.51. The molecule has 0 bridgehead atoms. The lowest BCUT2D eigenvalue weighted by atomic mass is 10.2. The van der Waals surface area contributed by atoms with Gasteiger partial charge in [0.15, 0.2) is 24.8 Å². The Kier molecular flexibility index (Phi) is 7.27. The molecule has 2 aromatic heterocycles. The molecule has 2 heterocycles. The van der Waals surface area contributed by atoms with Gasteiger partial charge >= 0.3 is 0 Å². The second-order valence-electron chi connectivity index (χ2n) is 7.17. The first-order chi connectivity index (χ1) is 12.7. The van der Waals surface area contributed by atoms with Gasteiger partial charge in [-0.3, -0.25) is 0 Å². The van der Waals surface area contributed by atoms with Crippen LogP contribution >= 0.6 is 0 Å². The molecule has 2 aromatic rings. The summed E-state index contributed by atoms with van der Waals surface area (Å²) in [6.45, 7) is 12.4. The van der Waals surface area contributed by atoms with Crippen molar-refractivity contribution in [2.45, 2.75) is 53.3 Å². The van der Waals surface area contributed by atoms with Crippen LogP contribution in [0.1, 0.15) is 41.3 Å². The summed E-state index contributed by atoms with van der Waals surface area (Å²) in [6, 6.07) is 4.19. The summed E-state index contributed by atoms with van der Waals surface area (Å²) in [5.74, 6) is -0.194. The van der Waals surface area contributed by atoms with Crippen LogP contribution in [0.5, 0.6) is 0 Å². The molecule has 2 rings (SSSR count). The summed E-state index contributed by atoms with van der Waals surface area (Å²) in [6.07, 6.45) is 10.2. The number of aromatic nitrogens is 2. The Morgan fingerprint density at radius 1 is 1.00 bits per heavy atom. The van der Waals surface area contributed by atoms with Gasteiger partial charge in [-0.15, -0.1) is 6.58 Å². The minimum atomic E-state index is -3.66. The normalized spacial score (nSPS) is 12.7. The van der Waals surface area contributed by atoms with E-state index in [1.807, 2.05) is 30.8 Å². The zero-order valence-corrected chi connectivity index (χ0v) is 17.5. The van der Waals surface area contributed by atoms with E-state index in [2.05, 4.69) is 49.5 Å². The molecule has 0 aliphatic rings. The molecule has 6 heteroatoms. The highest BCUT2D eigenvalue weighted by Crippen LogP contribution is 2.14. The summed E-state index contributed by atoms with van der Waals surface area (Å²) >= 11 is 0. The van der Waals surface area contributed by atoms with Crippen LogP contribution in [-0.4, -0.2) is 14.2 Å². The molecular weight excluding hydrogens is 360 g/mol. The van der Waals surface area contributed by atoms with E-state index in [0.29, 0.717) is 6.42 Å². The molecule has 0 aromatic carbocycles. The van der Waals surface area contributed by atoms with Gasteiger partial charge in [-0.05, 0) is 39.8 Å². The van der Waals surface area contributed by atoms with Crippen molar-refractivity contribution in [1.29, 1.82) is 0 Å². The number of hydrogen-bond acceptors (Lipinski definition) is 3. The minimum Gasteiger partial charge on any atom is -0.205 e. The predicted octanol–water partition coefficient (Wildman–Crippen LogP) is 3.01. The number of aryl methyl sites for hydroxylation is 5. The van der Waals surface area contributed by atoms with Gasteiger partial charge in [0.05, 0.1) is 5.75 Å². The molecular formula is C21H30N2O3S+2. The smallest absolute Gasteiger partial charge is 0.205 e. The van der Waals surface area contributed by atoms with Crippen LogP contribution in [0.2, 0.25) is 0 Å². The van der Waals surface area contributed by atoms with E-state index in [4.69, 9.17) is 4.18 Å². The molecule has 1 atom stereocenters. The molecule has 0 aliphatic carbocycles. The summed E-state index contributed by atoms with van der Waals surface area (Å²) in [5, 5.41) is 0. The molecule has 0 aliphatic heterocycles. The number of rotatable bonds is 9. The summed E-state index contributed by atoms with van der Waals surface area (Å²) in [7, 11) is -3.66. The van der Waals surface area contributed by atoms with Gasteiger partial charge in [0.25, 0.3) is 16.3 Å². The fraction of sp³-hybridized carbons (Fsp3) is 0.429. The highest BCUT2D eigenvalue weighted by Gasteiger charge is 2.27. The molecule has 1 unspecified atom stereocenters. The highest BCUT2D eigenvalue weighted by atomic mass is 32.2. The van der Waals surface area contributed by atoms with E-state index in [9.17, 15) is 8.42 Å². The summed E-state index contributed by atoms with van der Waals surface area (Å²) < 4.78 is 33.9. The second kappa shape index (κ2) is 9.24. The number of pyridine rings is 2. The van der Waals surface area contributed by atoms with Crippen LogP contribution in [0, 0.1) is 27.7 Å². The molecule has 0 N–H and O–H groups in total. The number of nitrogens with zero attached hydrogens (tertiary/aromatic N) is 2. The highest BCUT2D eigenvalue weighted by molar-refractivity contribution is 7.86. The molecule has 0 radical (unpaired) electrons. The largest absolute Gasteiger partial charge is 0.278 e. The van der Waals surface area contributed by atoms with Crippen molar-refractivity contribution < 1.29 is 21.7 Å². The van der Waals surface area contributed by atoms with Crippen molar-refractivity contribution in [1.82, 2.24) is 0 Å². The van der Waals surface area contributed by atoms with E-state index in [-0.39, 0.29) is 5.75 Å². The Labute approximate surface area is 163 Å². The van der Waals surface area contributed by atoms with Crippen molar-refractivity contribution in [3.63, 3.8) is 0 Å². The molecule has 146 valence electrons. The Bertz CT molecular complexity index is 867. The van der Waals surface area contributed by atoms with E-state index in [1.165, 1.54) is 17.2 Å². The van der Waals surface area contributed by atoms with Gasteiger partial charge in [-0.1, -0.05) is 6.08 Å². The van der Waals surface area contributed by atoms with Gasteiger partial charge in [-0.2, -0.15) is 13.0 Å². The third-order valence-corrected chi connectivity index (χ3v) is 5.29. The van der Waals surface area contributed by atoms with Crippen LogP contribution < -0.4 is 9.13 Å². The minimum absolute atomic E-state index is 0.194. The van der Waals surface area contributed by atoms with E-state index in [1.54, 1.807) is 0 Å². The lowest BCUT2D eigenvalue weighted by Crippen LogP contribution is -2.43. The van der Waals surface area contributed by atoms with E-state index < -0.39 is 16.3 Å². The maximum Gasteiger partial charge on any atom is 0.278 e. The first-order valence-corrected chi connectivity index (χ1v) is 10.7. The maximum absolute atomic E-state index is 12.2. The number of hydrogen-bond donors (Lipinski definition) is 0. The molecule has 0 saturated heterocycles. The Balaban J connectivity index is 2.17. The fourth-order valence-electron chi connectivity index (χ4n) is 3.28. The topological polar surface area (TPSA) is 51.1 Å². The maximum atomic E-state index is 12.2. The van der Waals surface area contributed by atoms with Crippen molar-refractivity contribution in [2.75, 3.05) is 5.75 Å². The fourth-order valence-corrected chi connectivity index (χ4v) is 4.18. The lowest BCUT2D eigenvalue weighted by molar-refractivity contribution is -0.757. The zero-order valence-electron chi connectivity index (χ0n) is 16.7. The molecule has 0 amide bonds. The van der Waals surface area contributed by atoms with Crippen molar-refractivity contribution in [3.8, 4) is 0 Å². The molecule has 0 fully saturated rings. The van der Waals surface area contributed by atoms with Gasteiger partial charge in [0.1, 0.15) is 6.54 Å². The van der Waals surface area contributed by atoms with E-state index in [0.717, 1.165) is 24.1 Å². The van der Waals surface area contributed by atoms with Gasteiger partial charge in [0, 0.05) is 35.1 Å². The second-order valence-corrected chi connectivity index (χ2v) is 8.81. The standard InChI is InChI=1S/C21H30N2O3S/c1-6-10-27(24,25)26-21(23-15-19(4)12-20(5)16-23)8-7-9-22-13-17(2)11-18(3)14-22/h6,11-16,21H,1,7-10H2,2-5H3/q+2. The van der Waals surface area contributed by atoms with Crippen molar-refractivity contribution in [2.24, 2.45) is 0 Å². The summed E-state index contributed by atoms with van der Waals surface area (Å²) in [4.78, 5) is 0. The average molecular weight is 391 g/mol. The van der Waals surface area contributed by atoms with Crippen molar-refractivity contribution in [3.05, 3.63) is 71.8 Å². The lowest BCUT2D eigenvalue weighted by Gasteiger charge is -2.13. The summed E-state index contributed by atoms with van der Waals surface area (Å²) in [5.41, 5.74) is 4.54. The van der Waals surface area contributed by atoms with Crippen LogP contribution in [-0.2, 0) is 20.8 Å². The Morgan fingerprint density at radius 3 is 2.04 bits per heavy atom. The first-order valence-electron chi connectivity index (χ1n) is 9.17. The predicted molar refractivity (Wildman–Crippen MR) is 106 cm³/mol. The van der Waals surface area contributed by atoms with Gasteiger partial charge in [0.2, 0.25) is 0 Å². The quantitative estimate of drug-likeness (QED) is 0.376. The molecule has 5 nitrogen and oxygen atoms in total. The molecule has 0 saturated carbocycles. The van der Waals surface area contributed by atoms with Gasteiger partial charge in [-0.25, -0.2) is 8.75 Å². The molecule has 27 heavy (non-hydrogen) atoms. The Morgan fingerprint density at radius 2 is 1.52 bits per heavy atom. The van der Waals surface area contributed by atoms with Gasteiger partial charge < -0.3 is 0 Å². The van der Waals surface area contributed by atoms with Crippen LogP contribution in [0.25, 0.3) is 0 Å².